The molecule has 1 aromatic heterocycles. The van der Waals surface area contributed by atoms with E-state index in [2.05, 4.69) is 29.9 Å². The number of thiophene rings is 1. The Kier molecular flexibility index (Phi) is 5.58. The van der Waals surface area contributed by atoms with Crippen LogP contribution in [-0.2, 0) is 6.42 Å². The quantitative estimate of drug-likeness (QED) is 0.779. The molecule has 0 bridgehead atoms. The van der Waals surface area contributed by atoms with Crippen molar-refractivity contribution in [3.8, 4) is 0 Å². The number of hydrogen-bond acceptors (Lipinski definition) is 2. The fourth-order valence-corrected chi connectivity index (χ4v) is 3.36. The summed E-state index contributed by atoms with van der Waals surface area (Å²) in [6.07, 6.45) is 1.77. The Balaban J connectivity index is 2.23. The van der Waals surface area contributed by atoms with Gasteiger partial charge in [0.05, 0.1) is 0 Å². The first-order valence-corrected chi connectivity index (χ1v) is 8.14. The number of hydrogen-bond donors (Lipinski definition) is 1. The average Bonchev–Trinajstić information content (AvgIpc) is 2.84. The van der Waals surface area contributed by atoms with Crippen molar-refractivity contribution in [1.29, 1.82) is 0 Å². The number of nitrogens with one attached hydrogen (secondary N) is 1. The Bertz CT molecular complexity index is 567. The van der Waals surface area contributed by atoms with Gasteiger partial charge in [0.1, 0.15) is 5.82 Å². The minimum atomic E-state index is -0.235. The third kappa shape index (κ3) is 3.81. The van der Waals surface area contributed by atoms with Gasteiger partial charge in [0.25, 0.3) is 0 Å². The molecule has 0 spiro atoms. The lowest BCUT2D eigenvalue weighted by Crippen LogP contribution is -2.24. The summed E-state index contributed by atoms with van der Waals surface area (Å²) >= 11 is 7.88. The molecule has 0 fully saturated rings. The summed E-state index contributed by atoms with van der Waals surface area (Å²) in [5, 5.41) is 8.47. The maximum Gasteiger partial charge on any atom is 0.123 e. The highest BCUT2D eigenvalue weighted by Crippen LogP contribution is 2.28. The lowest BCUT2D eigenvalue weighted by molar-refractivity contribution is 0.526. The van der Waals surface area contributed by atoms with Crippen LogP contribution in [-0.4, -0.2) is 6.54 Å². The van der Waals surface area contributed by atoms with Crippen molar-refractivity contribution in [2.24, 2.45) is 0 Å². The Morgan fingerprint density at radius 2 is 2.15 bits per heavy atom. The van der Waals surface area contributed by atoms with E-state index in [0.717, 1.165) is 18.5 Å². The van der Waals surface area contributed by atoms with Crippen LogP contribution in [0.2, 0.25) is 5.02 Å². The number of aryl methyl sites for hydroxylation is 1. The van der Waals surface area contributed by atoms with Crippen LogP contribution in [0.3, 0.4) is 0 Å². The number of rotatable bonds is 6. The van der Waals surface area contributed by atoms with Gasteiger partial charge in [-0.2, -0.15) is 11.3 Å². The molecule has 0 aliphatic rings. The standard InChI is InChI=1S/C16H19ClFNS/c1-3-6-19-16(14-10-20-9-11(14)2)8-12-7-13(18)4-5-15(12)17/h4-5,7,9-10,16,19H,3,6,8H2,1-2H3. The van der Waals surface area contributed by atoms with Gasteiger partial charge in [0.2, 0.25) is 0 Å². The van der Waals surface area contributed by atoms with Gasteiger partial charge in [-0.15, -0.1) is 0 Å². The van der Waals surface area contributed by atoms with E-state index in [1.807, 2.05) is 0 Å². The number of halogens is 2. The Hall–Kier alpha value is -0.900. The molecule has 0 radical (unpaired) electrons. The smallest absolute Gasteiger partial charge is 0.123 e. The first kappa shape index (κ1) is 15.5. The molecular formula is C16H19ClFNS. The lowest BCUT2D eigenvalue weighted by atomic mass is 9.98. The topological polar surface area (TPSA) is 12.0 Å². The second-order valence-electron chi connectivity index (χ2n) is 4.96. The summed E-state index contributed by atoms with van der Waals surface area (Å²) in [6.45, 7) is 5.19. The molecule has 1 unspecified atom stereocenters. The second-order valence-corrected chi connectivity index (χ2v) is 6.11. The van der Waals surface area contributed by atoms with Crippen LogP contribution in [0.25, 0.3) is 0 Å². The molecular weight excluding hydrogens is 293 g/mol. The van der Waals surface area contributed by atoms with Crippen molar-refractivity contribution in [1.82, 2.24) is 5.32 Å². The van der Waals surface area contributed by atoms with Crippen LogP contribution in [0.5, 0.6) is 0 Å². The van der Waals surface area contributed by atoms with E-state index in [1.54, 1.807) is 17.4 Å². The highest BCUT2D eigenvalue weighted by atomic mass is 35.5. The SMILES string of the molecule is CCCNC(Cc1cc(F)ccc1Cl)c1cscc1C. The van der Waals surface area contributed by atoms with E-state index in [-0.39, 0.29) is 11.9 Å². The van der Waals surface area contributed by atoms with Crippen molar-refractivity contribution in [2.75, 3.05) is 6.54 Å². The third-order valence-corrected chi connectivity index (χ3v) is 4.59. The van der Waals surface area contributed by atoms with Gasteiger partial charge in [-0.3, -0.25) is 0 Å². The highest BCUT2D eigenvalue weighted by Gasteiger charge is 2.16. The molecule has 1 atom stereocenters. The fraction of sp³-hybridized carbons (Fsp3) is 0.375. The molecule has 1 nitrogen and oxygen atoms in total. The zero-order valence-corrected chi connectivity index (χ0v) is 13.3. The van der Waals surface area contributed by atoms with Gasteiger partial charge < -0.3 is 5.32 Å². The Morgan fingerprint density at radius 1 is 1.35 bits per heavy atom. The van der Waals surface area contributed by atoms with Gasteiger partial charge in [-0.1, -0.05) is 18.5 Å². The average molecular weight is 312 g/mol. The zero-order chi connectivity index (χ0) is 14.5. The highest BCUT2D eigenvalue weighted by molar-refractivity contribution is 7.08. The molecule has 0 saturated heterocycles. The van der Waals surface area contributed by atoms with Gasteiger partial charge in [-0.05, 0) is 72.0 Å². The Morgan fingerprint density at radius 3 is 2.80 bits per heavy atom. The first-order chi connectivity index (χ1) is 9.61. The van der Waals surface area contributed by atoms with Crippen molar-refractivity contribution in [3.63, 3.8) is 0 Å². The van der Waals surface area contributed by atoms with Crippen molar-refractivity contribution >= 4 is 22.9 Å². The first-order valence-electron chi connectivity index (χ1n) is 6.81. The summed E-state index contributed by atoms with van der Waals surface area (Å²) in [5.74, 6) is -0.235. The minimum Gasteiger partial charge on any atom is -0.310 e. The molecule has 1 aromatic carbocycles. The molecule has 0 aliphatic heterocycles. The maximum atomic E-state index is 13.4. The largest absolute Gasteiger partial charge is 0.310 e. The molecule has 4 heteroatoms. The minimum absolute atomic E-state index is 0.181. The molecule has 2 rings (SSSR count). The molecule has 0 amide bonds. The predicted octanol–water partition coefficient (Wildman–Crippen LogP) is 5.13. The number of benzene rings is 1. The summed E-state index contributed by atoms with van der Waals surface area (Å²) in [5.41, 5.74) is 3.41. The molecule has 1 N–H and O–H groups in total. The normalized spacial score (nSPS) is 12.6. The van der Waals surface area contributed by atoms with Gasteiger partial charge in [-0.25, -0.2) is 4.39 Å². The maximum absolute atomic E-state index is 13.4. The Labute approximate surface area is 128 Å². The van der Waals surface area contributed by atoms with E-state index in [1.165, 1.54) is 23.3 Å². The van der Waals surface area contributed by atoms with Crippen LogP contribution in [0.15, 0.2) is 29.0 Å². The van der Waals surface area contributed by atoms with Crippen LogP contribution >= 0.6 is 22.9 Å². The van der Waals surface area contributed by atoms with Crippen LogP contribution < -0.4 is 5.32 Å². The predicted molar refractivity (Wildman–Crippen MR) is 85.2 cm³/mol. The molecule has 2 aromatic rings. The molecule has 0 saturated carbocycles. The van der Waals surface area contributed by atoms with Gasteiger partial charge in [0, 0.05) is 11.1 Å². The summed E-state index contributed by atoms with van der Waals surface area (Å²) < 4.78 is 13.4. The molecule has 0 aliphatic carbocycles. The van der Waals surface area contributed by atoms with Crippen molar-refractivity contribution in [2.45, 2.75) is 32.7 Å². The van der Waals surface area contributed by atoms with Gasteiger partial charge in [0.15, 0.2) is 0 Å². The second kappa shape index (κ2) is 7.21. The van der Waals surface area contributed by atoms with E-state index >= 15 is 0 Å². The van der Waals surface area contributed by atoms with Crippen LogP contribution in [0, 0.1) is 12.7 Å². The van der Waals surface area contributed by atoms with E-state index in [9.17, 15) is 4.39 Å². The van der Waals surface area contributed by atoms with E-state index < -0.39 is 0 Å². The summed E-state index contributed by atoms with van der Waals surface area (Å²) in [6, 6.07) is 4.74. The summed E-state index contributed by atoms with van der Waals surface area (Å²) in [7, 11) is 0. The third-order valence-electron chi connectivity index (χ3n) is 3.34. The van der Waals surface area contributed by atoms with Crippen molar-refractivity contribution in [3.05, 3.63) is 56.5 Å². The lowest BCUT2D eigenvalue weighted by Gasteiger charge is -2.19. The van der Waals surface area contributed by atoms with Gasteiger partial charge >= 0.3 is 0 Å². The van der Waals surface area contributed by atoms with E-state index in [0.29, 0.717) is 11.4 Å². The fourth-order valence-electron chi connectivity index (χ4n) is 2.26. The molecule has 1 heterocycles. The van der Waals surface area contributed by atoms with Crippen LogP contribution in [0.4, 0.5) is 4.39 Å². The van der Waals surface area contributed by atoms with E-state index in [4.69, 9.17) is 11.6 Å². The molecule has 108 valence electrons. The zero-order valence-electron chi connectivity index (χ0n) is 11.7. The molecule has 20 heavy (non-hydrogen) atoms. The summed E-state index contributed by atoms with van der Waals surface area (Å²) in [4.78, 5) is 0. The van der Waals surface area contributed by atoms with Crippen LogP contribution in [0.1, 0.15) is 36.1 Å². The monoisotopic (exact) mass is 311 g/mol. The van der Waals surface area contributed by atoms with Crippen molar-refractivity contribution < 1.29 is 4.39 Å².